The van der Waals surface area contributed by atoms with Gasteiger partial charge in [-0.3, -0.25) is 0 Å². The maximum atomic E-state index is 11.4. The van der Waals surface area contributed by atoms with Crippen molar-refractivity contribution in [3.8, 4) is 11.5 Å². The number of hydrogen-bond acceptors (Lipinski definition) is 2. The minimum absolute atomic E-state index is 0.156. The summed E-state index contributed by atoms with van der Waals surface area (Å²) in [5.41, 5.74) is 4.25. The molecule has 3 aromatic rings. The number of phenols is 2. The first-order valence-corrected chi connectivity index (χ1v) is 15.4. The van der Waals surface area contributed by atoms with Crippen molar-refractivity contribution in [3.63, 3.8) is 0 Å². The van der Waals surface area contributed by atoms with Gasteiger partial charge >= 0.3 is 0 Å². The van der Waals surface area contributed by atoms with Gasteiger partial charge in [-0.05, 0) is 46.9 Å². The highest BCUT2D eigenvalue weighted by atomic mass is 31.4. The van der Waals surface area contributed by atoms with Crippen molar-refractivity contribution < 1.29 is 10.2 Å². The van der Waals surface area contributed by atoms with Crippen LogP contribution in [-0.2, 0) is 10.8 Å². The van der Waals surface area contributed by atoms with Gasteiger partial charge in [-0.2, -0.15) is 0 Å². The van der Waals surface area contributed by atoms with Crippen LogP contribution in [0.1, 0.15) is 63.8 Å². The largest absolute Gasteiger partial charge is 0.507 e. The maximum absolute atomic E-state index is 11.4. The summed E-state index contributed by atoms with van der Waals surface area (Å²) < 4.78 is 0. The van der Waals surface area contributed by atoms with E-state index in [1.54, 1.807) is 0 Å². The first-order valence-electron chi connectivity index (χ1n) is 11.3. The molecule has 0 saturated heterocycles. The predicted octanol–water partition coefficient (Wildman–Crippen LogP) is 5.15. The average molecular weight is 465 g/mol. The van der Waals surface area contributed by atoms with Gasteiger partial charge in [0.1, 0.15) is 11.5 Å². The van der Waals surface area contributed by atoms with Crippen molar-refractivity contribution >= 4 is 32.5 Å². The molecule has 32 heavy (non-hydrogen) atoms. The molecule has 0 heterocycles. The normalized spacial score (nSPS) is 12.8. The van der Waals surface area contributed by atoms with Gasteiger partial charge in [0, 0.05) is 10.6 Å². The zero-order valence-electron chi connectivity index (χ0n) is 20.7. The number of hydrogen-bond donors (Lipinski definition) is 2. The maximum Gasteiger partial charge on any atom is 0.126 e. The lowest BCUT2D eigenvalue weighted by atomic mass is 9.86. The standard InChI is InChI=1S/C28H37O2PSi/c1-18-12-9-17-24(19(18)2)32-31(22-15-10-13-20(25(22)29)27(3,4)5)23-16-11-14-21(26(23)30)28(6,7)8/h9-17,29-30H,32H2,1-8H3. The second-order valence-electron chi connectivity index (χ2n) is 10.8. The van der Waals surface area contributed by atoms with E-state index < -0.39 is 16.7 Å². The van der Waals surface area contributed by atoms with Crippen LogP contribution in [0.2, 0.25) is 0 Å². The summed E-state index contributed by atoms with van der Waals surface area (Å²) in [7, 11) is -1.75. The van der Waals surface area contributed by atoms with Crippen LogP contribution in [0.15, 0.2) is 54.6 Å². The van der Waals surface area contributed by atoms with Crippen LogP contribution < -0.4 is 15.8 Å². The monoisotopic (exact) mass is 464 g/mol. The smallest absolute Gasteiger partial charge is 0.126 e. The van der Waals surface area contributed by atoms with Gasteiger partial charge in [0.15, 0.2) is 0 Å². The molecule has 2 N–H and O–H groups in total. The van der Waals surface area contributed by atoms with Crippen LogP contribution in [-0.4, -0.2) is 19.4 Å². The third kappa shape index (κ3) is 4.95. The Hall–Kier alpha value is -2.09. The molecule has 0 aromatic heterocycles. The fraction of sp³-hybridized carbons (Fsp3) is 0.357. The molecule has 0 amide bonds. The van der Waals surface area contributed by atoms with E-state index in [-0.39, 0.29) is 10.8 Å². The van der Waals surface area contributed by atoms with E-state index >= 15 is 0 Å². The second kappa shape index (κ2) is 9.04. The van der Waals surface area contributed by atoms with Crippen LogP contribution in [0.25, 0.3) is 0 Å². The fourth-order valence-corrected chi connectivity index (χ4v) is 11.7. The van der Waals surface area contributed by atoms with Crippen molar-refractivity contribution in [2.75, 3.05) is 0 Å². The summed E-state index contributed by atoms with van der Waals surface area (Å²) in [5.74, 6) is 0.786. The zero-order chi connectivity index (χ0) is 23.8. The third-order valence-corrected chi connectivity index (χ3v) is 13.6. The molecule has 0 saturated carbocycles. The number of para-hydroxylation sites is 2. The molecular formula is C28H37O2PSi. The van der Waals surface area contributed by atoms with E-state index in [1.807, 2.05) is 12.1 Å². The van der Waals surface area contributed by atoms with Crippen molar-refractivity contribution in [2.24, 2.45) is 0 Å². The highest BCUT2D eigenvalue weighted by molar-refractivity contribution is 7.99. The Morgan fingerprint density at radius 2 is 1.09 bits per heavy atom. The topological polar surface area (TPSA) is 40.5 Å². The highest BCUT2D eigenvalue weighted by Gasteiger charge is 2.29. The van der Waals surface area contributed by atoms with Gasteiger partial charge in [-0.25, -0.2) is 0 Å². The van der Waals surface area contributed by atoms with Crippen LogP contribution in [0.4, 0.5) is 0 Å². The number of aromatic hydroxyl groups is 2. The van der Waals surface area contributed by atoms with Gasteiger partial charge < -0.3 is 10.2 Å². The molecule has 0 aliphatic rings. The number of benzene rings is 3. The first kappa shape index (κ1) is 24.5. The number of aryl methyl sites for hydroxylation is 1. The molecule has 0 radical (unpaired) electrons. The van der Waals surface area contributed by atoms with E-state index in [2.05, 4.69) is 97.9 Å². The Labute approximate surface area is 197 Å². The van der Waals surface area contributed by atoms with E-state index in [9.17, 15) is 10.2 Å². The minimum Gasteiger partial charge on any atom is -0.507 e. The Kier molecular flexibility index (Phi) is 6.93. The Balaban J connectivity index is 2.27. The summed E-state index contributed by atoms with van der Waals surface area (Å²) in [6.45, 7) is 17.2. The average Bonchev–Trinajstić information content (AvgIpc) is 2.68. The van der Waals surface area contributed by atoms with Crippen LogP contribution in [0.5, 0.6) is 11.5 Å². The number of phenolic OH excluding ortho intramolecular Hbond substituents is 2. The summed E-state index contributed by atoms with van der Waals surface area (Å²) in [4.78, 5) is 0. The van der Waals surface area contributed by atoms with E-state index in [0.29, 0.717) is 11.5 Å². The molecule has 3 aromatic carbocycles. The molecule has 0 aliphatic heterocycles. The molecule has 170 valence electrons. The highest BCUT2D eigenvalue weighted by Crippen LogP contribution is 2.43. The van der Waals surface area contributed by atoms with Gasteiger partial charge in [0.2, 0.25) is 0 Å². The lowest BCUT2D eigenvalue weighted by Crippen LogP contribution is -2.28. The van der Waals surface area contributed by atoms with Gasteiger partial charge in [-0.15, -0.1) is 0 Å². The number of rotatable bonds is 4. The lowest BCUT2D eigenvalue weighted by molar-refractivity contribution is 0.450. The Bertz CT molecular complexity index is 1060. The van der Waals surface area contributed by atoms with E-state index in [1.165, 1.54) is 16.3 Å². The quantitative estimate of drug-likeness (QED) is 0.414. The van der Waals surface area contributed by atoms with Crippen LogP contribution >= 0.6 is 7.47 Å². The van der Waals surface area contributed by atoms with E-state index in [0.717, 1.165) is 21.7 Å². The second-order valence-corrected chi connectivity index (χ2v) is 16.5. The molecule has 0 fully saturated rings. The summed E-state index contributed by atoms with van der Waals surface area (Å²) >= 11 is 0. The molecule has 0 spiro atoms. The Morgan fingerprint density at radius 3 is 1.53 bits per heavy atom. The van der Waals surface area contributed by atoms with Crippen molar-refractivity contribution in [3.05, 3.63) is 76.9 Å². The molecular weight excluding hydrogens is 427 g/mol. The minimum atomic E-state index is -0.885. The SMILES string of the molecule is Cc1cccc([SiH2]P(c2cccc(C(C)(C)C)c2O)c2cccc(C(C)(C)C)c2O)c1C. The summed E-state index contributed by atoms with van der Waals surface area (Å²) in [5, 5.41) is 26.2. The van der Waals surface area contributed by atoms with Crippen LogP contribution in [0, 0.1) is 13.8 Å². The van der Waals surface area contributed by atoms with Crippen molar-refractivity contribution in [1.29, 1.82) is 0 Å². The third-order valence-electron chi connectivity index (χ3n) is 6.27. The van der Waals surface area contributed by atoms with Gasteiger partial charge in [-0.1, -0.05) is 109 Å². The van der Waals surface area contributed by atoms with Crippen molar-refractivity contribution in [1.82, 2.24) is 0 Å². The molecule has 0 unspecified atom stereocenters. The predicted molar refractivity (Wildman–Crippen MR) is 144 cm³/mol. The molecule has 4 heteroatoms. The van der Waals surface area contributed by atoms with Gasteiger partial charge in [0.25, 0.3) is 0 Å². The molecule has 0 atom stereocenters. The lowest BCUT2D eigenvalue weighted by Gasteiger charge is -2.28. The first-order chi connectivity index (χ1) is 14.8. The molecule has 2 nitrogen and oxygen atoms in total. The summed E-state index contributed by atoms with van der Waals surface area (Å²) in [6.07, 6.45) is 0. The molecule has 0 aliphatic carbocycles. The molecule has 3 rings (SSSR count). The summed E-state index contributed by atoms with van der Waals surface area (Å²) in [6, 6.07) is 18.8. The fourth-order valence-electron chi connectivity index (χ4n) is 4.16. The Morgan fingerprint density at radius 1 is 0.656 bits per heavy atom. The van der Waals surface area contributed by atoms with Crippen molar-refractivity contribution in [2.45, 2.75) is 66.2 Å². The van der Waals surface area contributed by atoms with Gasteiger partial charge in [0.05, 0.1) is 9.19 Å². The van der Waals surface area contributed by atoms with Crippen LogP contribution in [0.3, 0.4) is 0 Å². The van der Waals surface area contributed by atoms with E-state index in [4.69, 9.17) is 0 Å². The molecule has 0 bridgehead atoms. The zero-order valence-corrected chi connectivity index (χ0v) is 23.1.